The molecule has 1 aromatic carbocycles. The molecule has 1 aliphatic rings. The van der Waals surface area contributed by atoms with Crippen LogP contribution in [0.25, 0.3) is 0 Å². The zero-order chi connectivity index (χ0) is 12.7. The number of hydrogen-bond acceptors (Lipinski definition) is 2. The van der Waals surface area contributed by atoms with Gasteiger partial charge in [0.25, 0.3) is 0 Å². The van der Waals surface area contributed by atoms with Crippen LogP contribution in [0.5, 0.6) is 0 Å². The Morgan fingerprint density at radius 3 is 2.29 bits per heavy atom. The van der Waals surface area contributed by atoms with Crippen molar-refractivity contribution in [3.8, 4) is 0 Å². The number of carbonyl (C=O) groups excluding carboxylic acids is 1. The third kappa shape index (κ3) is 1.95. The average molecular weight is 232 g/mol. The number of benzene rings is 1. The maximum absolute atomic E-state index is 11.6. The molecule has 3 N–H and O–H groups in total. The zero-order valence-corrected chi connectivity index (χ0v) is 10.7. The van der Waals surface area contributed by atoms with Gasteiger partial charge in [-0.25, -0.2) is 0 Å². The minimum atomic E-state index is -0.539. The first kappa shape index (κ1) is 12.1. The van der Waals surface area contributed by atoms with E-state index in [4.69, 9.17) is 5.73 Å². The maximum atomic E-state index is 11.6. The average Bonchev–Trinajstić information content (AvgIpc) is 2.83. The quantitative estimate of drug-likeness (QED) is 0.834. The van der Waals surface area contributed by atoms with E-state index >= 15 is 0 Å². The second-order valence-corrected chi connectivity index (χ2v) is 5.61. The Balaban J connectivity index is 2.14. The van der Waals surface area contributed by atoms with Crippen molar-refractivity contribution in [3.63, 3.8) is 0 Å². The molecule has 1 aliphatic carbocycles. The van der Waals surface area contributed by atoms with Crippen LogP contribution in [-0.2, 0) is 4.79 Å². The maximum Gasteiger partial charge on any atom is 0.238 e. The zero-order valence-electron chi connectivity index (χ0n) is 10.7. The van der Waals surface area contributed by atoms with Crippen molar-refractivity contribution in [1.82, 2.24) is 5.32 Å². The summed E-state index contributed by atoms with van der Waals surface area (Å²) in [4.78, 5) is 11.6. The van der Waals surface area contributed by atoms with E-state index in [1.807, 2.05) is 18.2 Å². The number of rotatable bonds is 4. The highest BCUT2D eigenvalue weighted by atomic mass is 16.1. The molecule has 1 aromatic rings. The summed E-state index contributed by atoms with van der Waals surface area (Å²) >= 11 is 0. The molecule has 3 nitrogen and oxygen atoms in total. The third-order valence-electron chi connectivity index (χ3n) is 3.92. The van der Waals surface area contributed by atoms with Crippen molar-refractivity contribution >= 4 is 5.91 Å². The lowest BCUT2D eigenvalue weighted by Crippen LogP contribution is -2.48. The van der Waals surface area contributed by atoms with E-state index in [1.54, 1.807) is 0 Å². The first-order chi connectivity index (χ1) is 7.89. The van der Waals surface area contributed by atoms with Crippen molar-refractivity contribution in [2.75, 3.05) is 0 Å². The van der Waals surface area contributed by atoms with E-state index in [9.17, 15) is 4.79 Å². The van der Waals surface area contributed by atoms with E-state index in [-0.39, 0.29) is 17.4 Å². The van der Waals surface area contributed by atoms with Gasteiger partial charge in [-0.15, -0.1) is 0 Å². The fourth-order valence-electron chi connectivity index (χ4n) is 2.55. The predicted octanol–water partition coefficient (Wildman–Crippen LogP) is 1.99. The summed E-state index contributed by atoms with van der Waals surface area (Å²) in [5.41, 5.74) is 6.13. The highest BCUT2D eigenvalue weighted by Crippen LogP contribution is 2.56. The van der Waals surface area contributed by atoms with Gasteiger partial charge in [0.05, 0.1) is 0 Å². The van der Waals surface area contributed by atoms with Gasteiger partial charge in [0.2, 0.25) is 5.91 Å². The SMILES string of the molecule is C[C@@H](N[C@]1(C(N)=O)CC1(C)C)c1ccccc1. The Bertz CT molecular complexity index is 427. The van der Waals surface area contributed by atoms with E-state index in [2.05, 4.69) is 38.2 Å². The predicted molar refractivity (Wildman–Crippen MR) is 68.3 cm³/mol. The van der Waals surface area contributed by atoms with Crippen LogP contribution in [0.2, 0.25) is 0 Å². The standard InChI is InChI=1S/C14H20N2O/c1-10(11-7-5-4-6-8-11)16-14(12(15)17)9-13(14,2)3/h4-8,10,16H,9H2,1-3H3,(H2,15,17)/t10-,14+/m1/s1. The molecule has 1 saturated carbocycles. The molecule has 0 aromatic heterocycles. The lowest BCUT2D eigenvalue weighted by molar-refractivity contribution is -0.122. The molecular formula is C14H20N2O. The van der Waals surface area contributed by atoms with Gasteiger partial charge in [0, 0.05) is 6.04 Å². The lowest BCUT2D eigenvalue weighted by Gasteiger charge is -2.24. The van der Waals surface area contributed by atoms with Crippen LogP contribution < -0.4 is 11.1 Å². The highest BCUT2D eigenvalue weighted by Gasteiger charge is 2.65. The van der Waals surface area contributed by atoms with E-state index < -0.39 is 5.54 Å². The van der Waals surface area contributed by atoms with Gasteiger partial charge in [-0.2, -0.15) is 0 Å². The first-order valence-corrected chi connectivity index (χ1v) is 6.02. The molecule has 0 spiro atoms. The molecular weight excluding hydrogens is 212 g/mol. The summed E-state index contributed by atoms with van der Waals surface area (Å²) in [6.45, 7) is 6.21. The van der Waals surface area contributed by atoms with Gasteiger partial charge in [-0.05, 0) is 24.3 Å². The normalized spacial score (nSPS) is 27.5. The summed E-state index contributed by atoms with van der Waals surface area (Å²) in [6.07, 6.45) is 0.812. The van der Waals surface area contributed by atoms with Gasteiger partial charge in [0.1, 0.15) is 5.54 Å². The number of nitrogens with one attached hydrogen (secondary N) is 1. The fourth-order valence-corrected chi connectivity index (χ4v) is 2.55. The molecule has 17 heavy (non-hydrogen) atoms. The summed E-state index contributed by atoms with van der Waals surface area (Å²) < 4.78 is 0. The third-order valence-corrected chi connectivity index (χ3v) is 3.92. The van der Waals surface area contributed by atoms with Gasteiger partial charge in [-0.1, -0.05) is 44.2 Å². The lowest BCUT2D eigenvalue weighted by atomic mass is 10.0. The van der Waals surface area contributed by atoms with Crippen molar-refractivity contribution in [2.24, 2.45) is 11.1 Å². The molecule has 0 radical (unpaired) electrons. The van der Waals surface area contributed by atoms with Gasteiger partial charge >= 0.3 is 0 Å². The van der Waals surface area contributed by atoms with Crippen molar-refractivity contribution in [2.45, 2.75) is 38.8 Å². The molecule has 1 fully saturated rings. The molecule has 92 valence electrons. The highest BCUT2D eigenvalue weighted by molar-refractivity contribution is 5.89. The Hall–Kier alpha value is -1.35. The largest absolute Gasteiger partial charge is 0.368 e. The molecule has 0 saturated heterocycles. The Kier molecular flexibility index (Phi) is 2.74. The first-order valence-electron chi connectivity index (χ1n) is 6.02. The molecule has 2 atom stereocenters. The Labute approximate surface area is 102 Å². The van der Waals surface area contributed by atoms with Gasteiger partial charge in [-0.3, -0.25) is 10.1 Å². The molecule has 0 unspecified atom stereocenters. The Morgan fingerprint density at radius 2 is 1.88 bits per heavy atom. The molecule has 3 heteroatoms. The van der Waals surface area contributed by atoms with Crippen molar-refractivity contribution < 1.29 is 4.79 Å². The molecule has 1 amide bonds. The smallest absolute Gasteiger partial charge is 0.238 e. The fraction of sp³-hybridized carbons (Fsp3) is 0.500. The summed E-state index contributed by atoms with van der Waals surface area (Å²) in [7, 11) is 0. The van der Waals surface area contributed by atoms with E-state index in [1.165, 1.54) is 5.56 Å². The number of nitrogens with two attached hydrogens (primary N) is 1. The summed E-state index contributed by atoms with van der Waals surface area (Å²) in [6, 6.07) is 10.2. The summed E-state index contributed by atoms with van der Waals surface area (Å²) in [5.74, 6) is -0.245. The Morgan fingerprint density at radius 1 is 1.35 bits per heavy atom. The van der Waals surface area contributed by atoms with Crippen LogP contribution in [0.3, 0.4) is 0 Å². The minimum absolute atomic E-state index is 0.0398. The number of amides is 1. The van der Waals surface area contributed by atoms with Crippen LogP contribution in [0.15, 0.2) is 30.3 Å². The van der Waals surface area contributed by atoms with Crippen LogP contribution in [-0.4, -0.2) is 11.4 Å². The van der Waals surface area contributed by atoms with Crippen LogP contribution in [0, 0.1) is 5.41 Å². The molecule has 2 rings (SSSR count). The number of carbonyl (C=O) groups is 1. The topological polar surface area (TPSA) is 55.1 Å². The second kappa shape index (κ2) is 3.84. The second-order valence-electron chi connectivity index (χ2n) is 5.61. The number of hydrogen-bond donors (Lipinski definition) is 2. The van der Waals surface area contributed by atoms with Crippen LogP contribution in [0.4, 0.5) is 0 Å². The van der Waals surface area contributed by atoms with Crippen molar-refractivity contribution in [1.29, 1.82) is 0 Å². The van der Waals surface area contributed by atoms with E-state index in [0.29, 0.717) is 0 Å². The van der Waals surface area contributed by atoms with Crippen molar-refractivity contribution in [3.05, 3.63) is 35.9 Å². The monoisotopic (exact) mass is 232 g/mol. The number of primary amides is 1. The minimum Gasteiger partial charge on any atom is -0.368 e. The molecule has 0 heterocycles. The molecule has 0 aliphatic heterocycles. The van der Waals surface area contributed by atoms with Crippen LogP contribution in [0.1, 0.15) is 38.8 Å². The molecule has 0 bridgehead atoms. The summed E-state index contributed by atoms with van der Waals surface area (Å²) in [5, 5.41) is 3.40. The van der Waals surface area contributed by atoms with Gasteiger partial charge in [0.15, 0.2) is 0 Å². The van der Waals surface area contributed by atoms with Gasteiger partial charge < -0.3 is 5.73 Å². The van der Waals surface area contributed by atoms with Crippen LogP contribution >= 0.6 is 0 Å². The van der Waals surface area contributed by atoms with E-state index in [0.717, 1.165) is 6.42 Å².